The molecule has 0 spiro atoms. The van der Waals surface area contributed by atoms with Crippen molar-refractivity contribution in [3.05, 3.63) is 65.7 Å². The Morgan fingerprint density at radius 2 is 1.86 bits per heavy atom. The van der Waals surface area contributed by atoms with Crippen molar-refractivity contribution in [1.82, 2.24) is 5.32 Å². The molecule has 1 aliphatic carbocycles. The quantitative estimate of drug-likeness (QED) is 0.868. The molecular formula is C24H27NO3. The summed E-state index contributed by atoms with van der Waals surface area (Å²) >= 11 is 0. The molecule has 0 aromatic heterocycles. The van der Waals surface area contributed by atoms with Crippen molar-refractivity contribution in [2.24, 2.45) is 11.8 Å². The first kappa shape index (κ1) is 18.9. The molecule has 146 valence electrons. The predicted octanol–water partition coefficient (Wildman–Crippen LogP) is 3.33. The van der Waals surface area contributed by atoms with Crippen molar-refractivity contribution in [3.63, 3.8) is 0 Å². The summed E-state index contributed by atoms with van der Waals surface area (Å²) in [6.45, 7) is 2.82. The number of fused-ring (bicyclic) bond motifs is 1. The van der Waals surface area contributed by atoms with Crippen molar-refractivity contribution in [2.75, 3.05) is 13.7 Å². The molecule has 2 aromatic rings. The number of methoxy groups -OCH3 is 1. The molecular weight excluding hydrogens is 350 g/mol. The third-order valence-electron chi connectivity index (χ3n) is 6.73. The van der Waals surface area contributed by atoms with E-state index in [2.05, 4.69) is 24.4 Å². The molecule has 4 rings (SSSR count). The number of hydrogen-bond donors (Lipinski definition) is 1. The van der Waals surface area contributed by atoms with Gasteiger partial charge in [-0.3, -0.25) is 9.59 Å². The second-order valence-electron chi connectivity index (χ2n) is 8.22. The van der Waals surface area contributed by atoms with Crippen LogP contribution in [0.1, 0.15) is 30.9 Å². The van der Waals surface area contributed by atoms with Gasteiger partial charge >= 0.3 is 0 Å². The summed E-state index contributed by atoms with van der Waals surface area (Å²) in [4.78, 5) is 26.0. The second kappa shape index (κ2) is 7.51. The van der Waals surface area contributed by atoms with E-state index in [9.17, 15) is 9.59 Å². The number of Topliss-reactive ketones (excluding diaryl/α,β-unsaturated/α-hetero) is 2. The fourth-order valence-corrected chi connectivity index (χ4v) is 5.22. The van der Waals surface area contributed by atoms with Gasteiger partial charge < -0.3 is 10.1 Å². The number of rotatable bonds is 5. The molecule has 2 fully saturated rings. The Balaban J connectivity index is 1.66. The maximum atomic E-state index is 13.3. The van der Waals surface area contributed by atoms with E-state index >= 15 is 0 Å². The van der Waals surface area contributed by atoms with Crippen LogP contribution in [-0.2, 0) is 21.4 Å². The molecule has 4 atom stereocenters. The zero-order valence-corrected chi connectivity index (χ0v) is 16.5. The third-order valence-corrected chi connectivity index (χ3v) is 6.73. The first-order valence-electron chi connectivity index (χ1n) is 10.0. The number of para-hydroxylation sites is 1. The van der Waals surface area contributed by atoms with E-state index < -0.39 is 0 Å². The fraction of sp³-hybridized carbons (Fsp3) is 0.417. The molecule has 1 saturated heterocycles. The minimum atomic E-state index is -0.315. The molecule has 4 heteroatoms. The van der Waals surface area contributed by atoms with Gasteiger partial charge in [0.2, 0.25) is 0 Å². The highest BCUT2D eigenvalue weighted by Crippen LogP contribution is 2.49. The van der Waals surface area contributed by atoms with E-state index in [4.69, 9.17) is 4.74 Å². The molecule has 2 aromatic carbocycles. The summed E-state index contributed by atoms with van der Waals surface area (Å²) in [5.41, 5.74) is 1.92. The number of benzene rings is 2. The Labute approximate surface area is 166 Å². The Hall–Kier alpha value is -2.46. The van der Waals surface area contributed by atoms with E-state index in [1.54, 1.807) is 7.11 Å². The Bertz CT molecular complexity index is 878. The van der Waals surface area contributed by atoms with Crippen LogP contribution in [0.3, 0.4) is 0 Å². The average molecular weight is 377 g/mol. The maximum Gasteiger partial charge on any atom is 0.154 e. The Morgan fingerprint density at radius 3 is 2.61 bits per heavy atom. The normalized spacial score (nSPS) is 29.4. The van der Waals surface area contributed by atoms with E-state index in [-0.39, 0.29) is 29.1 Å². The van der Waals surface area contributed by atoms with E-state index in [0.29, 0.717) is 25.2 Å². The van der Waals surface area contributed by atoms with Crippen LogP contribution < -0.4 is 10.1 Å². The third kappa shape index (κ3) is 3.16. The van der Waals surface area contributed by atoms with Crippen LogP contribution in [0.15, 0.2) is 54.6 Å². The standard InChI is InChI=1S/C24H27NO3/c1-24(17-9-4-3-5-10-17)13-12-19(26)18-15-25-23(22(18)24)20(27)14-16-8-6-7-11-21(16)28-2/h3-11,18,22-23,25H,12-15H2,1-2H3. The summed E-state index contributed by atoms with van der Waals surface area (Å²) in [7, 11) is 1.62. The number of ketones is 2. The van der Waals surface area contributed by atoms with E-state index in [1.165, 1.54) is 5.56 Å². The molecule has 1 N–H and O–H groups in total. The van der Waals surface area contributed by atoms with Gasteiger partial charge in [-0.1, -0.05) is 55.5 Å². The van der Waals surface area contributed by atoms with Crippen LogP contribution in [0, 0.1) is 11.8 Å². The minimum absolute atomic E-state index is 0.0154. The van der Waals surface area contributed by atoms with Crippen LogP contribution in [0.4, 0.5) is 0 Å². The molecule has 28 heavy (non-hydrogen) atoms. The minimum Gasteiger partial charge on any atom is -0.496 e. The number of hydrogen-bond acceptors (Lipinski definition) is 4. The topological polar surface area (TPSA) is 55.4 Å². The van der Waals surface area contributed by atoms with Crippen LogP contribution >= 0.6 is 0 Å². The Kier molecular flexibility index (Phi) is 5.07. The number of nitrogens with one attached hydrogen (secondary N) is 1. The van der Waals surface area contributed by atoms with Crippen LogP contribution in [-0.4, -0.2) is 31.3 Å². The SMILES string of the molecule is COc1ccccc1CC(=O)C1NCC2C(=O)CCC(C)(c3ccccc3)C21. The van der Waals surface area contributed by atoms with Crippen molar-refractivity contribution >= 4 is 11.6 Å². The molecule has 0 amide bonds. The van der Waals surface area contributed by atoms with Gasteiger partial charge in [-0.2, -0.15) is 0 Å². The number of carbonyl (C=O) groups excluding carboxylic acids is 2. The maximum absolute atomic E-state index is 13.3. The Morgan fingerprint density at radius 1 is 1.14 bits per heavy atom. The summed E-state index contributed by atoms with van der Waals surface area (Å²) in [5, 5.41) is 3.40. The van der Waals surface area contributed by atoms with Gasteiger partial charge in [0.25, 0.3) is 0 Å². The molecule has 2 aliphatic rings. The largest absolute Gasteiger partial charge is 0.496 e. The van der Waals surface area contributed by atoms with E-state index in [0.717, 1.165) is 17.7 Å². The van der Waals surface area contributed by atoms with Crippen molar-refractivity contribution in [2.45, 2.75) is 37.6 Å². The van der Waals surface area contributed by atoms with Crippen molar-refractivity contribution in [1.29, 1.82) is 0 Å². The molecule has 4 nitrogen and oxygen atoms in total. The zero-order chi connectivity index (χ0) is 19.7. The lowest BCUT2D eigenvalue weighted by atomic mass is 9.58. The van der Waals surface area contributed by atoms with Gasteiger partial charge in [0.1, 0.15) is 11.5 Å². The van der Waals surface area contributed by atoms with Gasteiger partial charge in [-0.05, 0) is 23.5 Å². The van der Waals surface area contributed by atoms with Crippen LogP contribution in [0.2, 0.25) is 0 Å². The first-order chi connectivity index (χ1) is 13.5. The van der Waals surface area contributed by atoms with Crippen molar-refractivity contribution in [3.8, 4) is 5.75 Å². The van der Waals surface area contributed by atoms with Crippen molar-refractivity contribution < 1.29 is 14.3 Å². The number of ether oxygens (including phenoxy) is 1. The van der Waals surface area contributed by atoms with Gasteiger partial charge in [-0.15, -0.1) is 0 Å². The molecule has 1 aliphatic heterocycles. The monoisotopic (exact) mass is 377 g/mol. The van der Waals surface area contributed by atoms with Gasteiger partial charge in [0.05, 0.1) is 13.2 Å². The average Bonchev–Trinajstić information content (AvgIpc) is 3.19. The summed E-state index contributed by atoms with van der Waals surface area (Å²) in [6, 6.07) is 17.7. The highest BCUT2D eigenvalue weighted by molar-refractivity contribution is 5.91. The lowest BCUT2D eigenvalue weighted by Crippen LogP contribution is -2.50. The summed E-state index contributed by atoms with van der Waals surface area (Å²) < 4.78 is 5.42. The lowest BCUT2D eigenvalue weighted by molar-refractivity contribution is -0.129. The first-order valence-corrected chi connectivity index (χ1v) is 10.0. The lowest BCUT2D eigenvalue weighted by Gasteiger charge is -2.44. The van der Waals surface area contributed by atoms with E-state index in [1.807, 2.05) is 42.5 Å². The fourth-order valence-electron chi connectivity index (χ4n) is 5.22. The van der Waals surface area contributed by atoms with Crippen LogP contribution in [0.25, 0.3) is 0 Å². The second-order valence-corrected chi connectivity index (χ2v) is 8.22. The summed E-state index contributed by atoms with van der Waals surface area (Å²) in [5.74, 6) is 1.05. The summed E-state index contributed by atoms with van der Waals surface area (Å²) in [6.07, 6.45) is 1.68. The van der Waals surface area contributed by atoms with Gasteiger partial charge in [-0.25, -0.2) is 0 Å². The highest BCUT2D eigenvalue weighted by atomic mass is 16.5. The molecule has 4 unspecified atom stereocenters. The van der Waals surface area contributed by atoms with Crippen LogP contribution in [0.5, 0.6) is 5.75 Å². The molecule has 0 radical (unpaired) electrons. The smallest absolute Gasteiger partial charge is 0.154 e. The molecule has 1 saturated carbocycles. The predicted molar refractivity (Wildman–Crippen MR) is 109 cm³/mol. The number of carbonyl (C=O) groups is 2. The molecule has 0 bridgehead atoms. The van der Waals surface area contributed by atoms with Gasteiger partial charge in [0, 0.05) is 36.8 Å². The zero-order valence-electron chi connectivity index (χ0n) is 16.5. The highest BCUT2D eigenvalue weighted by Gasteiger charge is 2.55. The molecule has 1 heterocycles. The van der Waals surface area contributed by atoms with Gasteiger partial charge in [0.15, 0.2) is 5.78 Å².